The third kappa shape index (κ3) is 2.05. The van der Waals surface area contributed by atoms with Gasteiger partial charge in [-0.25, -0.2) is 4.98 Å². The molecular formula is C15H13N3. The molecule has 1 aliphatic carbocycles. The average Bonchev–Trinajstić information content (AvgIpc) is 3.20. The van der Waals surface area contributed by atoms with Crippen molar-refractivity contribution in [3.05, 3.63) is 59.8 Å². The van der Waals surface area contributed by atoms with Crippen molar-refractivity contribution in [1.82, 2.24) is 4.98 Å². The van der Waals surface area contributed by atoms with Gasteiger partial charge >= 0.3 is 0 Å². The van der Waals surface area contributed by atoms with Crippen LogP contribution < -0.4 is 5.32 Å². The Bertz CT molecular complexity index is 586. The molecule has 1 aromatic heterocycles. The molecular weight excluding hydrogens is 222 g/mol. The average molecular weight is 235 g/mol. The molecule has 2 aromatic rings. The van der Waals surface area contributed by atoms with Gasteiger partial charge in [-0.2, -0.15) is 5.26 Å². The van der Waals surface area contributed by atoms with Gasteiger partial charge in [0.1, 0.15) is 11.9 Å². The highest BCUT2D eigenvalue weighted by Gasteiger charge is 2.38. The standard InChI is InChI=1S/C15H13N3/c16-10-12-7-4-8-17-15(12)18-14-9-13(14)11-5-2-1-3-6-11/h1-8,13-14H,9H2,(H,17,18)/t13-,14+/m0/s1. The number of aromatic nitrogens is 1. The van der Waals surface area contributed by atoms with Crippen LogP contribution in [0.5, 0.6) is 0 Å². The van der Waals surface area contributed by atoms with Crippen LogP contribution in [0.1, 0.15) is 23.5 Å². The van der Waals surface area contributed by atoms with Gasteiger partial charge in [-0.3, -0.25) is 0 Å². The molecule has 88 valence electrons. The molecule has 0 unspecified atom stereocenters. The summed E-state index contributed by atoms with van der Waals surface area (Å²) in [7, 11) is 0. The molecule has 1 aliphatic rings. The summed E-state index contributed by atoms with van der Waals surface area (Å²) in [5.74, 6) is 1.24. The van der Waals surface area contributed by atoms with E-state index < -0.39 is 0 Å². The Kier molecular flexibility index (Phi) is 2.70. The Morgan fingerprint density at radius 2 is 2.00 bits per heavy atom. The van der Waals surface area contributed by atoms with E-state index in [0.717, 1.165) is 6.42 Å². The Hall–Kier alpha value is -2.34. The van der Waals surface area contributed by atoms with Gasteiger partial charge in [0.25, 0.3) is 0 Å². The second kappa shape index (κ2) is 4.50. The van der Waals surface area contributed by atoms with E-state index in [1.54, 1.807) is 18.3 Å². The van der Waals surface area contributed by atoms with Gasteiger partial charge in [-0.15, -0.1) is 0 Å². The van der Waals surface area contributed by atoms with Crippen LogP contribution in [0.25, 0.3) is 0 Å². The van der Waals surface area contributed by atoms with E-state index in [0.29, 0.717) is 23.3 Å². The minimum Gasteiger partial charge on any atom is -0.366 e. The fourth-order valence-electron chi connectivity index (χ4n) is 2.21. The molecule has 1 fully saturated rings. The highest BCUT2D eigenvalue weighted by Crippen LogP contribution is 2.42. The summed E-state index contributed by atoms with van der Waals surface area (Å²) in [5, 5.41) is 12.4. The molecule has 1 saturated carbocycles. The second-order valence-corrected chi connectivity index (χ2v) is 4.52. The molecule has 0 spiro atoms. The fourth-order valence-corrected chi connectivity index (χ4v) is 2.21. The van der Waals surface area contributed by atoms with Gasteiger partial charge in [0.2, 0.25) is 0 Å². The number of nitrogens with zero attached hydrogens (tertiary/aromatic N) is 2. The maximum absolute atomic E-state index is 9.00. The van der Waals surface area contributed by atoms with Crippen molar-refractivity contribution in [3.63, 3.8) is 0 Å². The number of benzene rings is 1. The van der Waals surface area contributed by atoms with Crippen LogP contribution in [-0.4, -0.2) is 11.0 Å². The number of pyridine rings is 1. The smallest absolute Gasteiger partial charge is 0.144 e. The summed E-state index contributed by atoms with van der Waals surface area (Å²) >= 11 is 0. The summed E-state index contributed by atoms with van der Waals surface area (Å²) in [5.41, 5.74) is 1.96. The van der Waals surface area contributed by atoms with Gasteiger partial charge in [0, 0.05) is 18.2 Å². The van der Waals surface area contributed by atoms with E-state index in [9.17, 15) is 0 Å². The number of nitriles is 1. The van der Waals surface area contributed by atoms with Crippen LogP contribution >= 0.6 is 0 Å². The first kappa shape index (κ1) is 10.8. The quantitative estimate of drug-likeness (QED) is 0.889. The SMILES string of the molecule is N#Cc1cccnc1N[C@@H]1C[C@H]1c1ccccc1. The predicted molar refractivity (Wildman–Crippen MR) is 70.2 cm³/mol. The van der Waals surface area contributed by atoms with Crippen molar-refractivity contribution in [2.75, 3.05) is 5.32 Å². The van der Waals surface area contributed by atoms with E-state index in [1.165, 1.54) is 5.56 Å². The lowest BCUT2D eigenvalue weighted by molar-refractivity contribution is 1.03. The molecule has 0 bridgehead atoms. The van der Waals surface area contributed by atoms with Gasteiger partial charge in [-0.1, -0.05) is 30.3 Å². The van der Waals surface area contributed by atoms with Crippen molar-refractivity contribution >= 4 is 5.82 Å². The van der Waals surface area contributed by atoms with Crippen LogP contribution in [-0.2, 0) is 0 Å². The summed E-state index contributed by atoms with van der Waals surface area (Å²) in [6, 6.07) is 16.6. The zero-order valence-corrected chi connectivity index (χ0v) is 9.88. The lowest BCUT2D eigenvalue weighted by Gasteiger charge is -2.06. The Morgan fingerprint density at radius 1 is 1.17 bits per heavy atom. The van der Waals surface area contributed by atoms with Crippen LogP contribution in [0.15, 0.2) is 48.7 Å². The Balaban J connectivity index is 1.72. The highest BCUT2D eigenvalue weighted by atomic mass is 15.0. The Morgan fingerprint density at radius 3 is 2.78 bits per heavy atom. The topological polar surface area (TPSA) is 48.7 Å². The summed E-state index contributed by atoms with van der Waals surface area (Å²) < 4.78 is 0. The predicted octanol–water partition coefficient (Wildman–Crippen LogP) is 2.92. The lowest BCUT2D eigenvalue weighted by Crippen LogP contribution is -2.07. The van der Waals surface area contributed by atoms with Gasteiger partial charge < -0.3 is 5.32 Å². The molecule has 1 N–H and O–H groups in total. The number of hydrogen-bond donors (Lipinski definition) is 1. The maximum atomic E-state index is 9.00. The zero-order valence-electron chi connectivity index (χ0n) is 9.88. The van der Waals surface area contributed by atoms with Gasteiger partial charge in [0.15, 0.2) is 0 Å². The van der Waals surface area contributed by atoms with Crippen LogP contribution in [0, 0.1) is 11.3 Å². The third-order valence-corrected chi connectivity index (χ3v) is 3.27. The van der Waals surface area contributed by atoms with Crippen LogP contribution in [0.3, 0.4) is 0 Å². The van der Waals surface area contributed by atoms with E-state index in [-0.39, 0.29) is 0 Å². The van der Waals surface area contributed by atoms with E-state index in [4.69, 9.17) is 5.26 Å². The largest absolute Gasteiger partial charge is 0.366 e. The third-order valence-electron chi connectivity index (χ3n) is 3.27. The number of rotatable bonds is 3. The van der Waals surface area contributed by atoms with Crippen molar-refractivity contribution in [2.45, 2.75) is 18.4 Å². The van der Waals surface area contributed by atoms with Crippen molar-refractivity contribution in [2.24, 2.45) is 0 Å². The molecule has 3 rings (SSSR count). The fraction of sp³-hybridized carbons (Fsp3) is 0.200. The molecule has 1 aromatic carbocycles. The molecule has 0 aliphatic heterocycles. The summed E-state index contributed by atoms with van der Waals surface area (Å²) in [4.78, 5) is 4.22. The zero-order chi connectivity index (χ0) is 12.4. The minimum atomic E-state index is 0.398. The highest BCUT2D eigenvalue weighted by molar-refractivity contribution is 5.53. The summed E-state index contributed by atoms with van der Waals surface area (Å²) in [6.45, 7) is 0. The molecule has 1 heterocycles. The normalized spacial score (nSPS) is 21.1. The van der Waals surface area contributed by atoms with Gasteiger partial charge in [-0.05, 0) is 24.1 Å². The number of anilines is 1. The monoisotopic (exact) mass is 235 g/mol. The maximum Gasteiger partial charge on any atom is 0.144 e. The molecule has 18 heavy (non-hydrogen) atoms. The lowest BCUT2D eigenvalue weighted by atomic mass is 10.1. The molecule has 0 radical (unpaired) electrons. The summed E-state index contributed by atoms with van der Waals surface area (Å²) in [6.07, 6.45) is 2.81. The number of hydrogen-bond acceptors (Lipinski definition) is 3. The van der Waals surface area contributed by atoms with Crippen LogP contribution in [0.2, 0.25) is 0 Å². The molecule has 0 amide bonds. The second-order valence-electron chi connectivity index (χ2n) is 4.52. The van der Waals surface area contributed by atoms with Crippen LogP contribution in [0.4, 0.5) is 5.82 Å². The molecule has 3 heteroatoms. The van der Waals surface area contributed by atoms with Gasteiger partial charge in [0.05, 0.1) is 5.56 Å². The molecule has 3 nitrogen and oxygen atoms in total. The van der Waals surface area contributed by atoms with Crippen molar-refractivity contribution in [1.29, 1.82) is 5.26 Å². The minimum absolute atomic E-state index is 0.398. The van der Waals surface area contributed by atoms with E-state index in [2.05, 4.69) is 40.6 Å². The molecule has 2 atom stereocenters. The first-order valence-electron chi connectivity index (χ1n) is 6.05. The first-order chi connectivity index (χ1) is 8.88. The van der Waals surface area contributed by atoms with E-state index >= 15 is 0 Å². The number of nitrogens with one attached hydrogen (secondary N) is 1. The molecule has 0 saturated heterocycles. The van der Waals surface area contributed by atoms with E-state index in [1.807, 2.05) is 6.07 Å². The Labute approximate surface area is 106 Å². The first-order valence-corrected chi connectivity index (χ1v) is 6.05. The van der Waals surface area contributed by atoms with Crippen molar-refractivity contribution in [3.8, 4) is 6.07 Å². The van der Waals surface area contributed by atoms with Crippen molar-refractivity contribution < 1.29 is 0 Å².